The van der Waals surface area contributed by atoms with Crippen molar-refractivity contribution in [3.8, 4) is 0 Å². The first-order chi connectivity index (χ1) is 9.72. The second kappa shape index (κ2) is 6.30. The average Bonchev–Trinajstić information content (AvgIpc) is 2.90. The molecular formula is C16H30N2O2. The maximum absolute atomic E-state index is 6.06. The Morgan fingerprint density at radius 2 is 1.90 bits per heavy atom. The van der Waals surface area contributed by atoms with Crippen LogP contribution in [0, 0.1) is 17.8 Å². The van der Waals surface area contributed by atoms with Crippen LogP contribution in [0.4, 0.5) is 0 Å². The first kappa shape index (κ1) is 14.8. The predicted octanol–water partition coefficient (Wildman–Crippen LogP) is 2.23. The lowest BCUT2D eigenvalue weighted by molar-refractivity contribution is -0.106. The fourth-order valence-corrected chi connectivity index (χ4v) is 4.54. The van der Waals surface area contributed by atoms with E-state index in [2.05, 4.69) is 12.3 Å². The Bertz CT molecular complexity index is 310. The van der Waals surface area contributed by atoms with E-state index in [1.807, 2.05) is 0 Å². The predicted molar refractivity (Wildman–Crippen MR) is 79.1 cm³/mol. The lowest BCUT2D eigenvalue weighted by Crippen LogP contribution is -2.52. The van der Waals surface area contributed by atoms with Gasteiger partial charge < -0.3 is 9.47 Å². The van der Waals surface area contributed by atoms with Crippen LogP contribution in [0.15, 0.2) is 0 Å². The van der Waals surface area contributed by atoms with Crippen molar-refractivity contribution in [2.45, 2.75) is 63.5 Å². The normalized spacial score (nSPS) is 43.8. The molecule has 2 saturated heterocycles. The zero-order valence-electron chi connectivity index (χ0n) is 12.8. The minimum atomic E-state index is -0.0000247. The molecule has 1 saturated carbocycles. The monoisotopic (exact) mass is 282 g/mol. The van der Waals surface area contributed by atoms with Gasteiger partial charge in [0.1, 0.15) is 0 Å². The van der Waals surface area contributed by atoms with Crippen molar-refractivity contribution in [1.29, 1.82) is 0 Å². The lowest BCUT2D eigenvalue weighted by atomic mass is 9.71. The fraction of sp³-hybridized carbons (Fsp3) is 1.00. The van der Waals surface area contributed by atoms with Crippen LogP contribution >= 0.6 is 0 Å². The molecule has 0 aromatic heterocycles. The van der Waals surface area contributed by atoms with Gasteiger partial charge in [-0.3, -0.25) is 11.3 Å². The van der Waals surface area contributed by atoms with E-state index in [0.29, 0.717) is 12.0 Å². The molecule has 4 heteroatoms. The van der Waals surface area contributed by atoms with Crippen molar-refractivity contribution < 1.29 is 9.47 Å². The molecule has 0 bridgehead atoms. The summed E-state index contributed by atoms with van der Waals surface area (Å²) in [6.07, 6.45) is 8.70. The summed E-state index contributed by atoms with van der Waals surface area (Å²) < 4.78 is 11.6. The van der Waals surface area contributed by atoms with E-state index in [4.69, 9.17) is 15.3 Å². The highest BCUT2D eigenvalue weighted by atomic mass is 16.6. The van der Waals surface area contributed by atoms with E-state index in [1.54, 1.807) is 0 Å². The van der Waals surface area contributed by atoms with Crippen LogP contribution in [0.1, 0.15) is 51.9 Å². The molecule has 0 aromatic rings. The molecule has 0 radical (unpaired) electrons. The Balaban J connectivity index is 1.63. The van der Waals surface area contributed by atoms with Gasteiger partial charge in [0.2, 0.25) is 0 Å². The number of ether oxygens (including phenoxy) is 2. The molecule has 2 heterocycles. The summed E-state index contributed by atoms with van der Waals surface area (Å²) in [5.41, 5.74) is 3.17. The summed E-state index contributed by atoms with van der Waals surface area (Å²) in [6.45, 7) is 4.88. The molecule has 3 aliphatic rings. The zero-order valence-corrected chi connectivity index (χ0v) is 12.8. The molecule has 2 aliphatic heterocycles. The van der Waals surface area contributed by atoms with E-state index in [-0.39, 0.29) is 5.60 Å². The topological polar surface area (TPSA) is 56.5 Å². The molecule has 3 rings (SSSR count). The third-order valence-corrected chi connectivity index (χ3v) is 5.87. The van der Waals surface area contributed by atoms with Gasteiger partial charge >= 0.3 is 0 Å². The van der Waals surface area contributed by atoms with Crippen molar-refractivity contribution in [2.75, 3.05) is 19.8 Å². The first-order valence-electron chi connectivity index (χ1n) is 8.40. The Labute approximate surface area is 122 Å². The molecule has 1 spiro atoms. The number of nitrogens with one attached hydrogen (secondary N) is 1. The fourth-order valence-electron chi connectivity index (χ4n) is 4.54. The Hall–Kier alpha value is -0.160. The standard InChI is InChI=1S/C16H30N2O2/c1-12-2-4-13(5-3-12)15(18-17)14-6-8-20-16(10-14)7-9-19-11-16/h12-15,18H,2-11,17H2,1H3. The number of hydrazine groups is 1. The largest absolute Gasteiger partial charge is 0.378 e. The molecule has 4 nitrogen and oxygen atoms in total. The smallest absolute Gasteiger partial charge is 0.0939 e. The van der Waals surface area contributed by atoms with Gasteiger partial charge in [-0.25, -0.2) is 0 Å². The SMILES string of the molecule is CC1CCC(C(NN)C2CCOC3(CCOC3)C2)CC1. The highest BCUT2D eigenvalue weighted by Crippen LogP contribution is 2.41. The molecule has 3 unspecified atom stereocenters. The maximum Gasteiger partial charge on any atom is 0.0939 e. The van der Waals surface area contributed by atoms with E-state index in [1.165, 1.54) is 25.7 Å². The summed E-state index contributed by atoms with van der Waals surface area (Å²) in [5.74, 6) is 8.23. The highest BCUT2D eigenvalue weighted by Gasteiger charge is 2.44. The molecule has 20 heavy (non-hydrogen) atoms. The second-order valence-electron chi connectivity index (χ2n) is 7.30. The highest BCUT2D eigenvalue weighted by molar-refractivity contribution is 4.95. The lowest BCUT2D eigenvalue weighted by Gasteiger charge is -2.43. The van der Waals surface area contributed by atoms with E-state index in [0.717, 1.165) is 50.9 Å². The van der Waals surface area contributed by atoms with E-state index < -0.39 is 0 Å². The number of rotatable bonds is 3. The van der Waals surface area contributed by atoms with Gasteiger partial charge in [0.05, 0.1) is 12.2 Å². The number of nitrogens with two attached hydrogens (primary N) is 1. The van der Waals surface area contributed by atoms with Crippen molar-refractivity contribution in [3.05, 3.63) is 0 Å². The minimum absolute atomic E-state index is 0.0000247. The van der Waals surface area contributed by atoms with E-state index in [9.17, 15) is 0 Å². The Morgan fingerprint density at radius 3 is 2.55 bits per heavy atom. The van der Waals surface area contributed by atoms with Gasteiger partial charge in [0.15, 0.2) is 0 Å². The molecule has 0 amide bonds. The molecule has 3 N–H and O–H groups in total. The summed E-state index contributed by atoms with van der Waals surface area (Å²) in [4.78, 5) is 0. The Morgan fingerprint density at radius 1 is 1.10 bits per heavy atom. The van der Waals surface area contributed by atoms with Gasteiger partial charge in [-0.15, -0.1) is 0 Å². The zero-order chi connectivity index (χ0) is 14.0. The summed E-state index contributed by atoms with van der Waals surface area (Å²) >= 11 is 0. The van der Waals surface area contributed by atoms with Crippen LogP contribution in [-0.2, 0) is 9.47 Å². The van der Waals surface area contributed by atoms with Crippen LogP contribution in [0.2, 0.25) is 0 Å². The minimum Gasteiger partial charge on any atom is -0.378 e. The van der Waals surface area contributed by atoms with Gasteiger partial charge in [-0.2, -0.15) is 0 Å². The van der Waals surface area contributed by atoms with Gasteiger partial charge in [0, 0.05) is 25.7 Å². The molecule has 0 aromatic carbocycles. The maximum atomic E-state index is 6.06. The summed E-state index contributed by atoms with van der Waals surface area (Å²) in [7, 11) is 0. The van der Waals surface area contributed by atoms with Gasteiger partial charge in [-0.05, 0) is 43.4 Å². The van der Waals surface area contributed by atoms with Crippen LogP contribution < -0.4 is 11.3 Å². The van der Waals surface area contributed by atoms with Gasteiger partial charge in [0.25, 0.3) is 0 Å². The second-order valence-corrected chi connectivity index (χ2v) is 7.30. The molecule has 3 atom stereocenters. The molecular weight excluding hydrogens is 252 g/mol. The molecule has 3 fully saturated rings. The van der Waals surface area contributed by atoms with Crippen molar-refractivity contribution >= 4 is 0 Å². The molecule has 116 valence electrons. The third-order valence-electron chi connectivity index (χ3n) is 5.87. The quantitative estimate of drug-likeness (QED) is 0.615. The van der Waals surface area contributed by atoms with Crippen LogP contribution in [-0.4, -0.2) is 31.5 Å². The molecule has 1 aliphatic carbocycles. The van der Waals surface area contributed by atoms with Crippen molar-refractivity contribution in [1.82, 2.24) is 5.43 Å². The van der Waals surface area contributed by atoms with Crippen LogP contribution in [0.3, 0.4) is 0 Å². The van der Waals surface area contributed by atoms with Crippen LogP contribution in [0.25, 0.3) is 0 Å². The van der Waals surface area contributed by atoms with Crippen molar-refractivity contribution in [2.24, 2.45) is 23.6 Å². The van der Waals surface area contributed by atoms with E-state index >= 15 is 0 Å². The van der Waals surface area contributed by atoms with Gasteiger partial charge in [-0.1, -0.05) is 19.8 Å². The average molecular weight is 282 g/mol. The summed E-state index contributed by atoms with van der Waals surface area (Å²) in [6, 6.07) is 0.462. The van der Waals surface area contributed by atoms with Crippen molar-refractivity contribution in [3.63, 3.8) is 0 Å². The Kier molecular flexibility index (Phi) is 4.65. The number of hydrogen-bond donors (Lipinski definition) is 2. The summed E-state index contributed by atoms with van der Waals surface area (Å²) in [5, 5.41) is 0. The number of hydrogen-bond acceptors (Lipinski definition) is 4. The third kappa shape index (κ3) is 3.03. The first-order valence-corrected chi connectivity index (χ1v) is 8.40. The van der Waals surface area contributed by atoms with Crippen LogP contribution in [0.5, 0.6) is 0 Å².